The van der Waals surface area contributed by atoms with Crippen LogP contribution in [0.15, 0.2) is 71.2 Å². The molecular formula is C26H24BrCl2N3O3. The fourth-order valence-electron chi connectivity index (χ4n) is 4.16. The van der Waals surface area contributed by atoms with E-state index in [1.807, 2.05) is 36.4 Å². The summed E-state index contributed by atoms with van der Waals surface area (Å²) >= 11 is 15.8. The van der Waals surface area contributed by atoms with Gasteiger partial charge < -0.3 is 20.2 Å². The summed E-state index contributed by atoms with van der Waals surface area (Å²) in [4.78, 5) is 29.2. The Morgan fingerprint density at radius 1 is 0.914 bits per heavy atom. The molecule has 1 aliphatic heterocycles. The average Bonchev–Trinajstić information content (AvgIpc) is 2.84. The SMILES string of the molecule is O=C(N[C@@H](Cc1ccc(N2CCN(c3ccccc3)CC2)c(Br)c1)C(=O)O)c1c(Cl)cccc1Cl. The number of para-hydroxylation sites is 1. The van der Waals surface area contributed by atoms with Crippen LogP contribution in [0.1, 0.15) is 15.9 Å². The molecule has 2 N–H and O–H groups in total. The van der Waals surface area contributed by atoms with Crippen molar-refractivity contribution < 1.29 is 14.7 Å². The third-order valence-corrected chi connectivity index (χ3v) is 7.25. The molecule has 6 nitrogen and oxygen atoms in total. The fourth-order valence-corrected chi connectivity index (χ4v) is 5.41. The van der Waals surface area contributed by atoms with Gasteiger partial charge in [0.05, 0.1) is 21.3 Å². The minimum atomic E-state index is -1.14. The number of carboxylic acids is 1. The van der Waals surface area contributed by atoms with E-state index in [9.17, 15) is 14.7 Å². The van der Waals surface area contributed by atoms with Gasteiger partial charge in [-0.15, -0.1) is 0 Å². The Hall–Kier alpha value is -2.74. The van der Waals surface area contributed by atoms with Crippen molar-refractivity contribution in [1.29, 1.82) is 0 Å². The Morgan fingerprint density at radius 3 is 2.14 bits per heavy atom. The molecular weight excluding hydrogens is 553 g/mol. The van der Waals surface area contributed by atoms with Gasteiger partial charge in [0, 0.05) is 42.8 Å². The van der Waals surface area contributed by atoms with Crippen molar-refractivity contribution in [2.45, 2.75) is 12.5 Å². The number of hydrogen-bond acceptors (Lipinski definition) is 4. The van der Waals surface area contributed by atoms with Crippen LogP contribution < -0.4 is 15.1 Å². The maximum absolute atomic E-state index is 12.7. The van der Waals surface area contributed by atoms with Gasteiger partial charge in [0.2, 0.25) is 0 Å². The number of nitrogens with zero attached hydrogens (tertiary/aromatic N) is 2. The van der Waals surface area contributed by atoms with E-state index in [0.29, 0.717) is 0 Å². The molecule has 1 atom stereocenters. The van der Waals surface area contributed by atoms with E-state index in [1.165, 1.54) is 17.8 Å². The summed E-state index contributed by atoms with van der Waals surface area (Å²) in [6, 6.07) is 19.7. The summed E-state index contributed by atoms with van der Waals surface area (Å²) in [5.74, 6) is -1.77. The number of amides is 1. The predicted molar refractivity (Wildman–Crippen MR) is 144 cm³/mol. The normalized spacial score (nSPS) is 14.5. The van der Waals surface area contributed by atoms with Gasteiger partial charge in [0.15, 0.2) is 0 Å². The molecule has 4 rings (SSSR count). The third-order valence-electron chi connectivity index (χ3n) is 5.99. The quantitative estimate of drug-likeness (QED) is 0.388. The second-order valence-electron chi connectivity index (χ2n) is 8.26. The monoisotopic (exact) mass is 575 g/mol. The Bertz CT molecular complexity index is 1200. The maximum Gasteiger partial charge on any atom is 0.326 e. The van der Waals surface area contributed by atoms with Crippen molar-refractivity contribution in [1.82, 2.24) is 5.32 Å². The molecule has 35 heavy (non-hydrogen) atoms. The third kappa shape index (κ3) is 6.10. The first-order valence-electron chi connectivity index (χ1n) is 11.1. The summed E-state index contributed by atoms with van der Waals surface area (Å²) in [5.41, 5.74) is 3.12. The summed E-state index contributed by atoms with van der Waals surface area (Å²) in [6.07, 6.45) is 0.115. The van der Waals surface area contributed by atoms with Crippen LogP contribution in [-0.2, 0) is 11.2 Å². The number of halogens is 3. The van der Waals surface area contributed by atoms with Crippen LogP contribution >= 0.6 is 39.1 Å². The smallest absolute Gasteiger partial charge is 0.326 e. The van der Waals surface area contributed by atoms with Gasteiger partial charge in [-0.05, 0) is 57.9 Å². The van der Waals surface area contributed by atoms with Crippen LogP contribution in [0.25, 0.3) is 0 Å². The van der Waals surface area contributed by atoms with Crippen LogP contribution in [0.5, 0.6) is 0 Å². The maximum atomic E-state index is 12.7. The van der Waals surface area contributed by atoms with Gasteiger partial charge in [0.25, 0.3) is 5.91 Å². The number of hydrogen-bond donors (Lipinski definition) is 2. The second kappa shape index (κ2) is 11.3. The number of carbonyl (C=O) groups is 2. The minimum absolute atomic E-state index is 0.0632. The van der Waals surface area contributed by atoms with Crippen LogP contribution in [-0.4, -0.2) is 49.2 Å². The molecule has 1 fully saturated rings. The number of carboxylic acid groups (broad SMARTS) is 1. The van der Waals surface area contributed by atoms with Crippen LogP contribution in [0, 0.1) is 0 Å². The fraction of sp³-hybridized carbons (Fsp3) is 0.231. The summed E-state index contributed by atoms with van der Waals surface area (Å²) < 4.78 is 0.882. The zero-order valence-electron chi connectivity index (χ0n) is 18.8. The number of nitrogens with one attached hydrogen (secondary N) is 1. The van der Waals surface area contributed by atoms with Gasteiger partial charge >= 0.3 is 5.97 Å². The lowest BCUT2D eigenvalue weighted by atomic mass is 10.0. The molecule has 0 aromatic heterocycles. The number of benzene rings is 3. The first kappa shape index (κ1) is 25.4. The lowest BCUT2D eigenvalue weighted by Crippen LogP contribution is -2.46. The lowest BCUT2D eigenvalue weighted by molar-refractivity contribution is -0.139. The number of carbonyl (C=O) groups excluding carboxylic acids is 1. The van der Waals surface area contributed by atoms with Crippen molar-refractivity contribution in [3.8, 4) is 0 Å². The van der Waals surface area contributed by atoms with E-state index in [1.54, 1.807) is 6.07 Å². The highest BCUT2D eigenvalue weighted by Crippen LogP contribution is 2.30. The Labute approximate surface area is 222 Å². The minimum Gasteiger partial charge on any atom is -0.480 e. The molecule has 1 heterocycles. The van der Waals surface area contributed by atoms with Crippen LogP contribution in [0.4, 0.5) is 11.4 Å². The summed E-state index contributed by atoms with van der Waals surface area (Å²) in [6.45, 7) is 3.57. The van der Waals surface area contributed by atoms with E-state index in [2.05, 4.69) is 43.2 Å². The Balaban J connectivity index is 1.42. The molecule has 9 heteroatoms. The highest BCUT2D eigenvalue weighted by Gasteiger charge is 2.25. The van der Waals surface area contributed by atoms with E-state index in [4.69, 9.17) is 23.2 Å². The lowest BCUT2D eigenvalue weighted by Gasteiger charge is -2.37. The predicted octanol–water partition coefficient (Wildman–Crippen LogP) is 5.51. The van der Waals surface area contributed by atoms with Gasteiger partial charge in [-0.1, -0.05) is 53.5 Å². The van der Waals surface area contributed by atoms with Crippen molar-refractivity contribution in [2.75, 3.05) is 36.0 Å². The van der Waals surface area contributed by atoms with Crippen molar-refractivity contribution >= 4 is 62.4 Å². The number of rotatable bonds is 7. The van der Waals surface area contributed by atoms with Gasteiger partial charge in [0.1, 0.15) is 6.04 Å². The number of aliphatic carboxylic acids is 1. The Morgan fingerprint density at radius 2 is 1.54 bits per heavy atom. The molecule has 3 aromatic rings. The first-order chi connectivity index (χ1) is 16.8. The number of piperazine rings is 1. The largest absolute Gasteiger partial charge is 0.480 e. The zero-order chi connectivity index (χ0) is 24.9. The number of anilines is 2. The topological polar surface area (TPSA) is 72.9 Å². The molecule has 0 radical (unpaired) electrons. The highest BCUT2D eigenvalue weighted by atomic mass is 79.9. The molecule has 1 aliphatic rings. The van der Waals surface area contributed by atoms with E-state index < -0.39 is 17.9 Å². The van der Waals surface area contributed by atoms with Crippen LogP contribution in [0.3, 0.4) is 0 Å². The van der Waals surface area contributed by atoms with E-state index in [0.717, 1.165) is 41.9 Å². The zero-order valence-corrected chi connectivity index (χ0v) is 21.9. The van der Waals surface area contributed by atoms with Crippen molar-refractivity contribution in [2.24, 2.45) is 0 Å². The summed E-state index contributed by atoms with van der Waals surface area (Å²) in [5, 5.41) is 12.6. The second-order valence-corrected chi connectivity index (χ2v) is 9.93. The van der Waals surface area contributed by atoms with E-state index in [-0.39, 0.29) is 22.0 Å². The highest BCUT2D eigenvalue weighted by molar-refractivity contribution is 9.10. The molecule has 3 aromatic carbocycles. The molecule has 0 unspecified atom stereocenters. The van der Waals surface area contributed by atoms with Gasteiger partial charge in [-0.2, -0.15) is 0 Å². The van der Waals surface area contributed by atoms with Gasteiger partial charge in [-0.25, -0.2) is 4.79 Å². The molecule has 0 bridgehead atoms. The molecule has 0 spiro atoms. The summed E-state index contributed by atoms with van der Waals surface area (Å²) in [7, 11) is 0. The molecule has 1 saturated heterocycles. The molecule has 0 saturated carbocycles. The van der Waals surface area contributed by atoms with Gasteiger partial charge in [-0.3, -0.25) is 4.79 Å². The first-order valence-corrected chi connectivity index (χ1v) is 12.7. The molecule has 0 aliphatic carbocycles. The van der Waals surface area contributed by atoms with Crippen molar-refractivity contribution in [3.05, 3.63) is 92.4 Å². The van der Waals surface area contributed by atoms with Crippen LogP contribution in [0.2, 0.25) is 10.0 Å². The molecule has 1 amide bonds. The standard InChI is InChI=1S/C26H24BrCl2N3O3/c27-19-15-17(16-22(26(34)35)30-25(33)24-20(28)7-4-8-21(24)29)9-10-23(19)32-13-11-31(12-14-32)18-5-2-1-3-6-18/h1-10,15,22H,11-14,16H2,(H,30,33)(H,34,35)/t22-/m0/s1. The van der Waals surface area contributed by atoms with E-state index >= 15 is 0 Å². The average molecular weight is 577 g/mol. The van der Waals surface area contributed by atoms with Crippen molar-refractivity contribution in [3.63, 3.8) is 0 Å². The molecule has 182 valence electrons. The Kier molecular flexibility index (Phi) is 8.21.